The second-order valence-electron chi connectivity index (χ2n) is 2.02. The van der Waals surface area contributed by atoms with Crippen molar-refractivity contribution in [2.75, 3.05) is 0 Å². The van der Waals surface area contributed by atoms with Gasteiger partial charge in [0.2, 0.25) is 5.91 Å². The number of halogens is 4. The average Bonchev–Trinajstić information content (AvgIpc) is 1.80. The summed E-state index contributed by atoms with van der Waals surface area (Å²) < 4.78 is 34.4. The quantitative estimate of drug-likeness (QED) is 0.671. The highest BCUT2D eigenvalue weighted by Gasteiger charge is 2.28. The molecule has 0 aliphatic carbocycles. The minimum absolute atomic E-state index is 0.458. The van der Waals surface area contributed by atoms with Gasteiger partial charge in [0, 0.05) is 6.42 Å². The Morgan fingerprint density at radius 3 is 2.27 bits per heavy atom. The maximum absolute atomic E-state index is 11.5. The third kappa shape index (κ3) is 5.97. The van der Waals surface area contributed by atoms with Crippen molar-refractivity contribution in [2.45, 2.75) is 24.4 Å². The van der Waals surface area contributed by atoms with E-state index < -0.39 is 30.3 Å². The molecule has 0 aliphatic heterocycles. The van der Waals surface area contributed by atoms with E-state index in [-0.39, 0.29) is 0 Å². The highest BCUT2D eigenvalue weighted by Crippen LogP contribution is 2.23. The summed E-state index contributed by atoms with van der Waals surface area (Å²) in [7, 11) is 0. The number of carbonyl (C=O) groups is 1. The number of carbonyl (C=O) groups excluding carboxylic acids is 1. The van der Waals surface area contributed by atoms with Gasteiger partial charge in [-0.05, 0) is 6.42 Å². The molecule has 0 rings (SSSR count). The third-order valence-electron chi connectivity index (χ3n) is 0.990. The number of alkyl halides is 4. The fourth-order valence-corrected chi connectivity index (χ4v) is 0.542. The topological polar surface area (TPSA) is 43.1 Å². The normalized spacial score (nSPS) is 14.5. The van der Waals surface area contributed by atoms with Gasteiger partial charge < -0.3 is 5.73 Å². The Hall–Kier alpha value is -0.450. The Balaban J connectivity index is 3.63. The van der Waals surface area contributed by atoms with Crippen LogP contribution in [0.1, 0.15) is 12.8 Å². The number of amides is 1. The molecule has 0 aromatic rings. The summed E-state index contributed by atoms with van der Waals surface area (Å²) in [4.78, 5) is 10.1. The molecule has 0 bridgehead atoms. The molecule has 0 saturated heterocycles. The smallest absolute Gasteiger partial charge is 0.368 e. The first-order chi connectivity index (χ1) is 4.83. The Morgan fingerprint density at radius 1 is 1.55 bits per heavy atom. The Kier molecular flexibility index (Phi) is 3.65. The molecule has 11 heavy (non-hydrogen) atoms. The maximum atomic E-state index is 11.5. The standard InChI is InChI=1S/C5H7ClF3NO/c6-3(4(10)11)1-2-5(7,8)9/h3H,1-2H2,(H2,10,11). The molecule has 2 N–H and O–H groups in total. The Labute approximate surface area is 66.5 Å². The van der Waals surface area contributed by atoms with E-state index >= 15 is 0 Å². The second-order valence-corrected chi connectivity index (χ2v) is 2.55. The van der Waals surface area contributed by atoms with E-state index in [0.29, 0.717) is 0 Å². The summed E-state index contributed by atoms with van der Waals surface area (Å²) >= 11 is 5.15. The summed E-state index contributed by atoms with van der Waals surface area (Å²) in [5, 5.41) is -1.23. The van der Waals surface area contributed by atoms with E-state index in [2.05, 4.69) is 5.73 Å². The molecular formula is C5H7ClF3NO. The van der Waals surface area contributed by atoms with Gasteiger partial charge in [0.25, 0.3) is 0 Å². The minimum atomic E-state index is -4.28. The van der Waals surface area contributed by atoms with Crippen molar-refractivity contribution in [1.82, 2.24) is 0 Å². The molecular weight excluding hydrogens is 183 g/mol. The van der Waals surface area contributed by atoms with E-state index in [4.69, 9.17) is 11.6 Å². The van der Waals surface area contributed by atoms with Gasteiger partial charge in [-0.1, -0.05) is 0 Å². The first-order valence-corrected chi connectivity index (χ1v) is 3.26. The number of hydrogen-bond acceptors (Lipinski definition) is 1. The van der Waals surface area contributed by atoms with Crippen LogP contribution >= 0.6 is 11.6 Å². The maximum Gasteiger partial charge on any atom is 0.389 e. The van der Waals surface area contributed by atoms with Crippen molar-refractivity contribution >= 4 is 17.5 Å². The van der Waals surface area contributed by atoms with Crippen molar-refractivity contribution < 1.29 is 18.0 Å². The summed E-state index contributed by atoms with van der Waals surface area (Å²) in [6.07, 6.45) is -5.81. The zero-order valence-electron chi connectivity index (χ0n) is 5.49. The van der Waals surface area contributed by atoms with Gasteiger partial charge in [0.05, 0.1) is 0 Å². The molecule has 0 heterocycles. The van der Waals surface area contributed by atoms with Gasteiger partial charge in [-0.15, -0.1) is 11.6 Å². The molecule has 0 aromatic carbocycles. The predicted octanol–water partition coefficient (Wildman–Crippen LogP) is 1.42. The van der Waals surface area contributed by atoms with Crippen LogP contribution in [-0.4, -0.2) is 17.5 Å². The molecule has 1 amide bonds. The molecule has 6 heteroatoms. The lowest BCUT2D eigenvalue weighted by atomic mass is 10.2. The van der Waals surface area contributed by atoms with Crippen LogP contribution in [0.2, 0.25) is 0 Å². The van der Waals surface area contributed by atoms with Crippen LogP contribution in [0.3, 0.4) is 0 Å². The number of rotatable bonds is 3. The molecule has 0 saturated carbocycles. The van der Waals surface area contributed by atoms with Crippen molar-refractivity contribution in [2.24, 2.45) is 5.73 Å². The monoisotopic (exact) mass is 189 g/mol. The van der Waals surface area contributed by atoms with E-state index in [9.17, 15) is 18.0 Å². The van der Waals surface area contributed by atoms with E-state index in [1.54, 1.807) is 0 Å². The molecule has 66 valence electrons. The van der Waals surface area contributed by atoms with Crippen LogP contribution in [0.5, 0.6) is 0 Å². The Bertz CT molecular complexity index is 147. The molecule has 1 unspecified atom stereocenters. The fraction of sp³-hybridized carbons (Fsp3) is 0.800. The first-order valence-electron chi connectivity index (χ1n) is 2.83. The van der Waals surface area contributed by atoms with Crippen LogP contribution in [-0.2, 0) is 4.79 Å². The summed E-state index contributed by atoms with van der Waals surface area (Å²) in [5.41, 5.74) is 4.63. The van der Waals surface area contributed by atoms with Crippen LogP contribution in [0, 0.1) is 0 Å². The van der Waals surface area contributed by atoms with Gasteiger partial charge in [0.15, 0.2) is 0 Å². The zero-order valence-corrected chi connectivity index (χ0v) is 6.24. The molecule has 2 nitrogen and oxygen atoms in total. The molecule has 0 spiro atoms. The molecule has 0 aromatic heterocycles. The van der Waals surface area contributed by atoms with E-state index in [0.717, 1.165) is 0 Å². The van der Waals surface area contributed by atoms with Crippen molar-refractivity contribution in [3.05, 3.63) is 0 Å². The predicted molar refractivity (Wildman–Crippen MR) is 34.1 cm³/mol. The highest BCUT2D eigenvalue weighted by atomic mass is 35.5. The fourth-order valence-electron chi connectivity index (χ4n) is 0.433. The number of nitrogens with two attached hydrogens (primary N) is 1. The highest BCUT2D eigenvalue weighted by molar-refractivity contribution is 6.30. The van der Waals surface area contributed by atoms with Crippen molar-refractivity contribution in [3.63, 3.8) is 0 Å². The SMILES string of the molecule is NC(=O)C(Cl)CCC(F)(F)F. The van der Waals surface area contributed by atoms with E-state index in [1.165, 1.54) is 0 Å². The molecule has 0 aliphatic rings. The lowest BCUT2D eigenvalue weighted by Gasteiger charge is -2.07. The summed E-state index contributed by atoms with van der Waals surface area (Å²) in [6, 6.07) is 0. The van der Waals surface area contributed by atoms with Crippen LogP contribution in [0.4, 0.5) is 13.2 Å². The van der Waals surface area contributed by atoms with Gasteiger partial charge in [-0.25, -0.2) is 0 Å². The summed E-state index contributed by atoms with van der Waals surface area (Å²) in [6.45, 7) is 0. The lowest BCUT2D eigenvalue weighted by Crippen LogP contribution is -2.25. The number of hydrogen-bond donors (Lipinski definition) is 1. The summed E-state index contributed by atoms with van der Waals surface area (Å²) in [5.74, 6) is -0.920. The van der Waals surface area contributed by atoms with E-state index in [1.807, 2.05) is 0 Å². The van der Waals surface area contributed by atoms with Crippen LogP contribution in [0.25, 0.3) is 0 Å². The zero-order chi connectivity index (χ0) is 9.07. The van der Waals surface area contributed by atoms with Gasteiger partial charge in [-0.2, -0.15) is 13.2 Å². The lowest BCUT2D eigenvalue weighted by molar-refractivity contribution is -0.136. The minimum Gasteiger partial charge on any atom is -0.368 e. The first kappa shape index (κ1) is 10.6. The Morgan fingerprint density at radius 2 is 2.00 bits per heavy atom. The second kappa shape index (κ2) is 3.80. The third-order valence-corrected chi connectivity index (χ3v) is 1.42. The number of primary amides is 1. The van der Waals surface area contributed by atoms with Gasteiger partial charge in [0.1, 0.15) is 5.38 Å². The molecule has 0 radical (unpaired) electrons. The largest absolute Gasteiger partial charge is 0.389 e. The van der Waals surface area contributed by atoms with Crippen LogP contribution in [0.15, 0.2) is 0 Å². The van der Waals surface area contributed by atoms with Crippen molar-refractivity contribution in [1.29, 1.82) is 0 Å². The van der Waals surface area contributed by atoms with Crippen molar-refractivity contribution in [3.8, 4) is 0 Å². The average molecular weight is 190 g/mol. The van der Waals surface area contributed by atoms with Crippen LogP contribution < -0.4 is 5.73 Å². The van der Waals surface area contributed by atoms with Gasteiger partial charge in [-0.3, -0.25) is 4.79 Å². The molecule has 1 atom stereocenters. The molecule has 0 fully saturated rings. The van der Waals surface area contributed by atoms with Gasteiger partial charge >= 0.3 is 6.18 Å².